The number of amides is 1. The molecule has 1 heterocycles. The molecular weight excluding hydrogens is 256 g/mol. The van der Waals surface area contributed by atoms with Crippen LogP contribution in [0.15, 0.2) is 16.7 Å². The number of halogens is 2. The molecule has 19 heavy (non-hydrogen) atoms. The maximum atomic E-state index is 13.2. The first-order chi connectivity index (χ1) is 8.90. The third-order valence-corrected chi connectivity index (χ3v) is 2.73. The summed E-state index contributed by atoms with van der Waals surface area (Å²) < 4.78 is 31.4. The van der Waals surface area contributed by atoms with E-state index >= 15 is 0 Å². The van der Waals surface area contributed by atoms with E-state index in [4.69, 9.17) is 10.3 Å². The summed E-state index contributed by atoms with van der Waals surface area (Å²) >= 11 is 0. The Kier molecular flexibility index (Phi) is 3.20. The lowest BCUT2D eigenvalue weighted by atomic mass is 10.1. The summed E-state index contributed by atoms with van der Waals surface area (Å²) in [4.78, 5) is 11.8. The molecule has 1 amide bonds. The van der Waals surface area contributed by atoms with Crippen molar-refractivity contribution in [2.75, 3.05) is 11.1 Å². The number of hydrogen-bond acceptors (Lipinski definition) is 4. The number of carbonyl (C=O) groups excluding carboxylic acids is 1. The van der Waals surface area contributed by atoms with E-state index in [0.29, 0.717) is 11.3 Å². The van der Waals surface area contributed by atoms with Gasteiger partial charge in [-0.2, -0.15) is 0 Å². The highest BCUT2D eigenvalue weighted by atomic mass is 19.1. The van der Waals surface area contributed by atoms with E-state index in [0.717, 1.165) is 12.1 Å². The minimum Gasteiger partial charge on any atom is -0.394 e. The van der Waals surface area contributed by atoms with Gasteiger partial charge in [-0.3, -0.25) is 10.1 Å². The SMILES string of the molecule is Cc1noc(NC(=O)c2cc(F)c(N)c(F)c2)c1C. The molecule has 0 spiro atoms. The third-order valence-electron chi connectivity index (χ3n) is 2.73. The van der Waals surface area contributed by atoms with Crippen LogP contribution in [0.3, 0.4) is 0 Å². The molecule has 0 radical (unpaired) electrons. The van der Waals surface area contributed by atoms with Crippen molar-refractivity contribution in [1.29, 1.82) is 0 Å². The van der Waals surface area contributed by atoms with Gasteiger partial charge in [-0.25, -0.2) is 8.78 Å². The van der Waals surface area contributed by atoms with Crippen molar-refractivity contribution in [1.82, 2.24) is 5.16 Å². The van der Waals surface area contributed by atoms with Gasteiger partial charge in [0.1, 0.15) is 17.3 Å². The van der Waals surface area contributed by atoms with Gasteiger partial charge in [-0.1, -0.05) is 5.16 Å². The maximum absolute atomic E-state index is 13.2. The second-order valence-corrected chi connectivity index (χ2v) is 4.03. The minimum absolute atomic E-state index is 0.139. The largest absolute Gasteiger partial charge is 0.394 e. The number of aryl methyl sites for hydroxylation is 1. The number of rotatable bonds is 2. The molecule has 0 aliphatic heterocycles. The number of nitrogen functional groups attached to an aromatic ring is 1. The fraction of sp³-hybridized carbons (Fsp3) is 0.167. The Morgan fingerprint density at radius 3 is 2.37 bits per heavy atom. The minimum atomic E-state index is -0.990. The zero-order valence-electron chi connectivity index (χ0n) is 10.3. The number of nitrogens with one attached hydrogen (secondary N) is 1. The maximum Gasteiger partial charge on any atom is 0.258 e. The second-order valence-electron chi connectivity index (χ2n) is 4.03. The van der Waals surface area contributed by atoms with Gasteiger partial charge >= 0.3 is 0 Å². The molecule has 0 unspecified atom stereocenters. The smallest absolute Gasteiger partial charge is 0.258 e. The Hall–Kier alpha value is -2.44. The van der Waals surface area contributed by atoms with Crippen LogP contribution in [-0.2, 0) is 0 Å². The number of nitrogens with zero attached hydrogens (tertiary/aromatic N) is 1. The fourth-order valence-corrected chi connectivity index (χ4v) is 1.42. The lowest BCUT2D eigenvalue weighted by Crippen LogP contribution is -2.13. The predicted octanol–water partition coefficient (Wildman–Crippen LogP) is 2.40. The van der Waals surface area contributed by atoms with Crippen LogP contribution in [0.5, 0.6) is 0 Å². The van der Waals surface area contributed by atoms with Crippen LogP contribution in [0, 0.1) is 25.5 Å². The first kappa shape index (κ1) is 13.0. The topological polar surface area (TPSA) is 81.2 Å². The van der Waals surface area contributed by atoms with Crippen LogP contribution in [0.1, 0.15) is 21.6 Å². The number of hydrogen-bond donors (Lipinski definition) is 2. The van der Waals surface area contributed by atoms with Crippen LogP contribution in [0.4, 0.5) is 20.4 Å². The number of aromatic nitrogens is 1. The molecule has 7 heteroatoms. The fourth-order valence-electron chi connectivity index (χ4n) is 1.42. The van der Waals surface area contributed by atoms with E-state index in [-0.39, 0.29) is 11.4 Å². The molecule has 1 aromatic heterocycles. The van der Waals surface area contributed by atoms with Gasteiger partial charge in [0.05, 0.1) is 5.69 Å². The molecule has 2 aromatic rings. The standard InChI is InChI=1S/C12H11F2N3O2/c1-5-6(2)17-19-12(5)16-11(18)7-3-8(13)10(15)9(14)4-7/h3-4H,15H2,1-2H3,(H,16,18). The van der Waals surface area contributed by atoms with Gasteiger partial charge in [0.15, 0.2) is 0 Å². The Labute approximate surface area is 107 Å². The van der Waals surface area contributed by atoms with Crippen molar-refractivity contribution in [3.05, 3.63) is 40.6 Å². The van der Waals surface area contributed by atoms with Crippen molar-refractivity contribution < 1.29 is 18.1 Å². The summed E-state index contributed by atoms with van der Waals surface area (Å²) in [6, 6.07) is 1.71. The van der Waals surface area contributed by atoms with E-state index in [9.17, 15) is 13.6 Å². The highest BCUT2D eigenvalue weighted by Gasteiger charge is 2.16. The molecule has 5 nitrogen and oxygen atoms in total. The molecule has 0 fully saturated rings. The molecule has 0 aliphatic carbocycles. The first-order valence-corrected chi connectivity index (χ1v) is 5.39. The van der Waals surface area contributed by atoms with Gasteiger partial charge < -0.3 is 10.3 Å². The molecule has 0 saturated heterocycles. The van der Waals surface area contributed by atoms with Crippen LogP contribution in [0.25, 0.3) is 0 Å². The summed E-state index contributed by atoms with van der Waals surface area (Å²) in [6.07, 6.45) is 0. The third kappa shape index (κ3) is 2.40. The van der Waals surface area contributed by atoms with Crippen LogP contribution >= 0.6 is 0 Å². The number of carbonyl (C=O) groups is 1. The Bertz CT molecular complexity index is 629. The summed E-state index contributed by atoms with van der Waals surface area (Å²) in [5.74, 6) is -2.55. The van der Waals surface area contributed by atoms with E-state index in [1.54, 1.807) is 13.8 Å². The highest BCUT2D eigenvalue weighted by Crippen LogP contribution is 2.21. The van der Waals surface area contributed by atoms with Gasteiger partial charge in [0, 0.05) is 11.1 Å². The van der Waals surface area contributed by atoms with Crippen molar-refractivity contribution in [3.63, 3.8) is 0 Å². The zero-order valence-corrected chi connectivity index (χ0v) is 10.3. The number of nitrogens with two attached hydrogens (primary N) is 1. The number of benzene rings is 1. The van der Waals surface area contributed by atoms with Crippen LogP contribution < -0.4 is 11.1 Å². The Morgan fingerprint density at radius 1 is 1.32 bits per heavy atom. The highest BCUT2D eigenvalue weighted by molar-refractivity contribution is 6.04. The van der Waals surface area contributed by atoms with Crippen LogP contribution in [-0.4, -0.2) is 11.1 Å². The molecule has 2 rings (SSSR count). The van der Waals surface area contributed by atoms with Crippen molar-refractivity contribution in [3.8, 4) is 0 Å². The average molecular weight is 267 g/mol. The van der Waals surface area contributed by atoms with Gasteiger partial charge in [0.2, 0.25) is 5.88 Å². The van der Waals surface area contributed by atoms with E-state index < -0.39 is 23.2 Å². The van der Waals surface area contributed by atoms with E-state index in [2.05, 4.69) is 10.5 Å². The predicted molar refractivity (Wildman–Crippen MR) is 64.7 cm³/mol. The zero-order chi connectivity index (χ0) is 14.2. The molecule has 1 aromatic carbocycles. The van der Waals surface area contributed by atoms with Crippen molar-refractivity contribution >= 4 is 17.5 Å². The molecule has 100 valence electrons. The van der Waals surface area contributed by atoms with Gasteiger partial charge in [-0.05, 0) is 26.0 Å². The van der Waals surface area contributed by atoms with E-state index in [1.807, 2.05) is 0 Å². The lowest BCUT2D eigenvalue weighted by Gasteiger charge is -2.05. The molecule has 0 aliphatic rings. The second kappa shape index (κ2) is 4.68. The normalized spacial score (nSPS) is 10.5. The summed E-state index contributed by atoms with van der Waals surface area (Å²) in [7, 11) is 0. The molecular formula is C12H11F2N3O2. The molecule has 0 atom stereocenters. The van der Waals surface area contributed by atoms with Gasteiger partial charge in [-0.15, -0.1) is 0 Å². The Balaban J connectivity index is 2.28. The molecule has 0 bridgehead atoms. The quantitative estimate of drug-likeness (QED) is 0.819. The first-order valence-electron chi connectivity index (χ1n) is 5.39. The lowest BCUT2D eigenvalue weighted by molar-refractivity contribution is 0.102. The molecule has 3 N–H and O–H groups in total. The summed E-state index contributed by atoms with van der Waals surface area (Å²) in [5.41, 5.74) is 5.56. The summed E-state index contributed by atoms with van der Waals surface area (Å²) in [6.45, 7) is 3.41. The van der Waals surface area contributed by atoms with Gasteiger partial charge in [0.25, 0.3) is 5.91 Å². The number of anilines is 2. The summed E-state index contributed by atoms with van der Waals surface area (Å²) in [5, 5.41) is 6.03. The monoisotopic (exact) mass is 267 g/mol. The molecule has 0 saturated carbocycles. The van der Waals surface area contributed by atoms with E-state index in [1.165, 1.54) is 0 Å². The Morgan fingerprint density at radius 2 is 1.89 bits per heavy atom. The van der Waals surface area contributed by atoms with Crippen LogP contribution in [0.2, 0.25) is 0 Å². The van der Waals surface area contributed by atoms with Crippen molar-refractivity contribution in [2.24, 2.45) is 0 Å². The average Bonchev–Trinajstić information content (AvgIpc) is 2.67. The van der Waals surface area contributed by atoms with Crippen molar-refractivity contribution in [2.45, 2.75) is 13.8 Å².